The van der Waals surface area contributed by atoms with Crippen molar-refractivity contribution < 1.29 is 111 Å². The molecular formula is C67H98N2O24. The number of Topliss-reactive ketones (excluding diaryl/α,β-unsaturated/α-hetero) is 1. The second-order valence-corrected chi connectivity index (χ2v) is 28.6. The summed E-state index contributed by atoms with van der Waals surface area (Å²) >= 11 is 0. The van der Waals surface area contributed by atoms with Crippen LogP contribution in [0, 0.1) is 57.0 Å². The van der Waals surface area contributed by atoms with Gasteiger partial charge >= 0.3 is 18.0 Å². The highest BCUT2D eigenvalue weighted by atomic mass is 16.8. The lowest BCUT2D eigenvalue weighted by Gasteiger charge is -2.56. The molecule has 0 aromatic carbocycles. The fraction of sp³-hybridized carbons (Fsp3) is 0.806. The molecule has 6 saturated heterocycles. The van der Waals surface area contributed by atoms with Gasteiger partial charge in [0.1, 0.15) is 35.9 Å². The normalized spacial score (nSPS) is 48.2. The molecule has 0 aromatic heterocycles. The lowest BCUT2D eigenvalue weighted by Crippen LogP contribution is -2.65. The molecule has 6 heterocycles. The van der Waals surface area contributed by atoms with Crippen LogP contribution in [0.5, 0.6) is 0 Å². The molecule has 520 valence electrons. The van der Waals surface area contributed by atoms with Gasteiger partial charge < -0.3 is 92.1 Å². The molecule has 26 heteroatoms. The summed E-state index contributed by atoms with van der Waals surface area (Å²) in [5.74, 6) is -7.16. The zero-order valence-electron chi connectivity index (χ0n) is 55.7. The van der Waals surface area contributed by atoms with Gasteiger partial charge in [-0.3, -0.25) is 19.7 Å². The summed E-state index contributed by atoms with van der Waals surface area (Å²) in [6.45, 7) is 21.1. The molecule has 2 bridgehead atoms. The van der Waals surface area contributed by atoms with Crippen LogP contribution >= 0.6 is 0 Å². The van der Waals surface area contributed by atoms with E-state index < -0.39 is 209 Å². The summed E-state index contributed by atoms with van der Waals surface area (Å²) in [6, 6.07) is -1.12. The largest absolute Gasteiger partial charge is 0.511 e. The van der Waals surface area contributed by atoms with Gasteiger partial charge in [0.15, 0.2) is 43.2 Å². The number of aliphatic hydroxyl groups excluding tert-OH is 4. The molecule has 4 aliphatic carbocycles. The highest BCUT2D eigenvalue weighted by Gasteiger charge is 2.66. The van der Waals surface area contributed by atoms with Gasteiger partial charge in [-0.05, 0) is 104 Å². The van der Waals surface area contributed by atoms with E-state index in [1.54, 1.807) is 33.8 Å². The maximum absolute atomic E-state index is 15.6. The van der Waals surface area contributed by atoms with Crippen LogP contribution in [0.15, 0.2) is 46.8 Å². The van der Waals surface area contributed by atoms with Crippen molar-refractivity contribution in [1.29, 1.82) is 0 Å². The lowest BCUT2D eigenvalue weighted by atomic mass is 9.49. The Labute approximate surface area is 543 Å². The standard InChI is InChI=1S/C67H98N2O24/c1-30-14-18-47(88-54-28-65(11,69(79)80)60(38(9)86-54)68-64(78)81-13)31(2)23-43-45(73)24-40(29-70)27-67(43)62(76)55(63(77)93-67)61(75)66(12)42(30)16-15-41-56(66)32(3)22-33(4)57(41)92-53-26-49(59(37(8)85-53)87-39(10)71)90-50-21-19-48(35(6)83-50)89-52-25-46(74)58(36(7)84-52)91-51-20-17-44(72)34(5)82-51/h14-16,23,29,32-38,40-54,56-60,72-75H,17-22,24-28H2,1-13H3,(H,68,78)/b30-14+,31-23+,61-55?/t32-,33-,34-,35-,36-,37-,38+,40?,41-,42-,43+,44+,45+,46+,47-,48?,49+,50-,51-,52-,53-,54-,56+,57-,58?,59-,60-,65-,66+,67-/m0/s1. The quantitative estimate of drug-likeness (QED) is 0.0237. The highest BCUT2D eigenvalue weighted by Crippen LogP contribution is 2.61. The van der Waals surface area contributed by atoms with Crippen LogP contribution in [0.4, 0.5) is 4.79 Å². The van der Waals surface area contributed by atoms with Gasteiger partial charge in [-0.1, -0.05) is 50.6 Å². The Morgan fingerprint density at radius 3 is 1.99 bits per heavy atom. The number of rotatable bonds is 14. The van der Waals surface area contributed by atoms with E-state index in [4.69, 9.17) is 61.6 Å². The average molecular weight is 1320 g/mol. The molecule has 93 heavy (non-hydrogen) atoms. The number of ketones is 1. The number of nitro groups is 1. The summed E-state index contributed by atoms with van der Waals surface area (Å²) in [5, 5.41) is 62.1. The number of hydrogen-bond acceptors (Lipinski definition) is 24. The molecule has 3 unspecified atom stereocenters. The number of methoxy groups -OCH3 is 1. The zero-order valence-corrected chi connectivity index (χ0v) is 55.7. The summed E-state index contributed by atoms with van der Waals surface area (Å²) in [7, 11) is 1.15. The molecule has 1 amide bonds. The molecule has 8 fully saturated rings. The first-order valence-corrected chi connectivity index (χ1v) is 33.4. The predicted molar refractivity (Wildman–Crippen MR) is 325 cm³/mol. The number of aliphatic hydroxyl groups is 4. The Morgan fingerprint density at radius 1 is 0.699 bits per heavy atom. The topological polar surface area (TPSA) is 341 Å². The molecule has 26 nitrogen and oxygen atoms in total. The van der Waals surface area contributed by atoms with Crippen molar-refractivity contribution >= 4 is 30.1 Å². The van der Waals surface area contributed by atoms with E-state index >= 15 is 4.79 Å². The number of esters is 2. The molecule has 6 aliphatic heterocycles. The van der Waals surface area contributed by atoms with E-state index in [0.717, 1.165) is 12.7 Å². The van der Waals surface area contributed by atoms with Crippen LogP contribution in [0.25, 0.3) is 0 Å². The number of nitrogens with zero attached hydrogens (tertiary/aromatic N) is 1. The van der Waals surface area contributed by atoms with Crippen molar-refractivity contribution in [3.8, 4) is 0 Å². The lowest BCUT2D eigenvalue weighted by molar-refractivity contribution is -0.584. The third-order valence-electron chi connectivity index (χ3n) is 22.1. The molecular weight excluding hydrogens is 1220 g/mol. The van der Waals surface area contributed by atoms with E-state index in [0.29, 0.717) is 44.0 Å². The first kappa shape index (κ1) is 71.0. The Kier molecular flexibility index (Phi) is 21.6. The van der Waals surface area contributed by atoms with Crippen molar-refractivity contribution in [2.45, 2.75) is 288 Å². The maximum atomic E-state index is 15.6. The summed E-state index contributed by atoms with van der Waals surface area (Å²) in [5.41, 5.74) is -4.75. The summed E-state index contributed by atoms with van der Waals surface area (Å²) in [4.78, 5) is 80.6. The first-order chi connectivity index (χ1) is 43.9. The minimum absolute atomic E-state index is 0.0676. The summed E-state index contributed by atoms with van der Waals surface area (Å²) in [6.07, 6.45) is -4.93. The molecule has 10 aliphatic rings. The Bertz CT molecular complexity index is 2890. The third kappa shape index (κ3) is 14.1. The number of allylic oxidation sites excluding steroid dienone is 3. The van der Waals surface area contributed by atoms with Gasteiger partial charge in [-0.15, -0.1) is 0 Å². The first-order valence-electron chi connectivity index (χ1n) is 33.4. The SMILES string of the molecule is COC(=O)N[C@H]1[C@@H](C)O[C@@H](O[C@H]2C/C=C(\C)[C@@H]3C=C[C@@H]4[C@@H](O[C@H]5C[C@@H](O[C@H]6CCC(O[C@H]7C[C@@H](O)C(O[C@H]8CC[C@@H](O)[C@H](C)O8)[C@H](C)O7)[C@H](C)O6)[C@@H](OC(C)=O)[C@H](C)O5)[C@@H](C)C[C@H](C)[C@H]4[C@]3(C)C(O)=C3C(=O)O[C@]4(CC(C=O)C[C@@H](O)[C@H]4/C=C/2C)C3=O)C[C@]1(C)[N+](=O)[O-]. The minimum atomic E-state index is -2.13. The third-order valence-corrected chi connectivity index (χ3v) is 22.1. The molecule has 0 aromatic rings. The van der Waals surface area contributed by atoms with Crippen LogP contribution in [0.1, 0.15) is 154 Å². The molecule has 2 saturated carbocycles. The number of carbonyl (C=O) groups is 5. The molecule has 30 atom stereocenters. The van der Waals surface area contributed by atoms with Crippen LogP contribution < -0.4 is 5.32 Å². The number of alkyl carbamates (subject to hydrolysis) is 1. The van der Waals surface area contributed by atoms with E-state index in [1.165, 1.54) is 13.8 Å². The molecule has 5 N–H and O–H groups in total. The van der Waals surface area contributed by atoms with Gasteiger partial charge in [0, 0.05) is 74.0 Å². The second-order valence-electron chi connectivity index (χ2n) is 28.6. The van der Waals surface area contributed by atoms with Crippen LogP contribution in [-0.4, -0.2) is 197 Å². The van der Waals surface area contributed by atoms with Crippen LogP contribution in [-0.2, 0) is 80.8 Å². The maximum Gasteiger partial charge on any atom is 0.407 e. The number of carbonyl (C=O) groups excluding carboxylic acids is 5. The van der Waals surface area contributed by atoms with E-state index in [1.807, 2.05) is 39.8 Å². The van der Waals surface area contributed by atoms with Crippen molar-refractivity contribution in [3.05, 3.63) is 56.9 Å². The van der Waals surface area contributed by atoms with Crippen LogP contribution in [0.2, 0.25) is 0 Å². The number of ether oxygens (including phenoxy) is 13. The van der Waals surface area contributed by atoms with E-state index in [9.17, 15) is 49.7 Å². The zero-order chi connectivity index (χ0) is 67.5. The van der Waals surface area contributed by atoms with E-state index in [2.05, 4.69) is 25.2 Å². The molecule has 10 rings (SSSR count). The van der Waals surface area contributed by atoms with Gasteiger partial charge in [-0.25, -0.2) is 9.59 Å². The number of amides is 1. The van der Waals surface area contributed by atoms with Gasteiger partial charge in [0.05, 0.1) is 86.6 Å². The van der Waals surface area contributed by atoms with Crippen LogP contribution in [0.3, 0.4) is 0 Å². The van der Waals surface area contributed by atoms with Gasteiger partial charge in [-0.2, -0.15) is 0 Å². The van der Waals surface area contributed by atoms with Crippen molar-refractivity contribution in [3.63, 3.8) is 0 Å². The predicted octanol–water partition coefficient (Wildman–Crippen LogP) is 6.44. The van der Waals surface area contributed by atoms with Gasteiger partial charge in [0.25, 0.3) is 0 Å². The Hall–Kier alpha value is -4.81. The van der Waals surface area contributed by atoms with E-state index in [-0.39, 0.29) is 50.4 Å². The number of aldehydes is 1. The van der Waals surface area contributed by atoms with Crippen molar-refractivity contribution in [1.82, 2.24) is 5.32 Å². The smallest absolute Gasteiger partial charge is 0.407 e. The second kappa shape index (κ2) is 28.3. The fourth-order valence-electron chi connectivity index (χ4n) is 17.3. The Morgan fingerprint density at radius 2 is 1.33 bits per heavy atom. The summed E-state index contributed by atoms with van der Waals surface area (Å²) < 4.78 is 81.6. The molecule has 1 spiro atoms. The number of fused-ring (bicyclic) bond motifs is 4. The van der Waals surface area contributed by atoms with Crippen molar-refractivity contribution in [2.24, 2.45) is 46.8 Å². The Balaban J connectivity index is 0.903. The minimum Gasteiger partial charge on any atom is -0.511 e. The van der Waals surface area contributed by atoms with Crippen molar-refractivity contribution in [2.75, 3.05) is 7.11 Å². The highest BCUT2D eigenvalue weighted by molar-refractivity contribution is 6.26. The fourth-order valence-corrected chi connectivity index (χ4v) is 17.3. The number of hydrogen-bond donors (Lipinski definition) is 5. The molecule has 0 radical (unpaired) electrons. The number of nitrogens with one attached hydrogen (secondary N) is 1. The monoisotopic (exact) mass is 1310 g/mol. The van der Waals surface area contributed by atoms with Gasteiger partial charge in [0.2, 0.25) is 11.3 Å². The average Bonchev–Trinajstić information content (AvgIpc) is 1.68.